The molecule has 0 radical (unpaired) electrons. The van der Waals surface area contributed by atoms with Crippen LogP contribution in [-0.4, -0.2) is 32.0 Å². The summed E-state index contributed by atoms with van der Waals surface area (Å²) in [5.41, 5.74) is 2.80. The van der Waals surface area contributed by atoms with Gasteiger partial charge in [0.1, 0.15) is 0 Å². The number of nitrogens with one attached hydrogen (secondary N) is 3. The molecule has 0 saturated carbocycles. The second-order valence-corrected chi connectivity index (χ2v) is 6.56. The molecule has 2 rings (SSSR count). The van der Waals surface area contributed by atoms with Crippen LogP contribution in [0.4, 0.5) is 0 Å². The van der Waals surface area contributed by atoms with Crippen molar-refractivity contribution >= 4 is 47.4 Å². The smallest absolute Gasteiger partial charge is 0.251 e. The Balaban J connectivity index is 0.00000392. The predicted molar refractivity (Wildman–Crippen MR) is 128 cm³/mol. The topological polar surface area (TPSA) is 65.5 Å². The van der Waals surface area contributed by atoms with Gasteiger partial charge in [0.15, 0.2) is 5.96 Å². The molecule has 0 heterocycles. The quantitative estimate of drug-likeness (QED) is 0.283. The zero-order valence-electron chi connectivity index (χ0n) is 16.3. The lowest BCUT2D eigenvalue weighted by atomic mass is 10.1. The van der Waals surface area contributed by atoms with Crippen LogP contribution in [0.2, 0.25) is 5.02 Å². The van der Waals surface area contributed by atoms with Crippen LogP contribution in [0.25, 0.3) is 0 Å². The summed E-state index contributed by atoms with van der Waals surface area (Å²) < 4.78 is 0. The Morgan fingerprint density at radius 2 is 1.82 bits per heavy atom. The van der Waals surface area contributed by atoms with Gasteiger partial charge in [-0.3, -0.25) is 9.79 Å². The molecule has 7 heteroatoms. The molecular formula is C21H28ClIN4O. The van der Waals surface area contributed by atoms with Crippen molar-refractivity contribution in [3.63, 3.8) is 0 Å². The number of carbonyl (C=O) groups excluding carboxylic acids is 1. The van der Waals surface area contributed by atoms with E-state index in [9.17, 15) is 4.79 Å². The summed E-state index contributed by atoms with van der Waals surface area (Å²) in [6.07, 6.45) is 1.73. The molecule has 1 amide bonds. The first-order valence-electron chi connectivity index (χ1n) is 9.19. The van der Waals surface area contributed by atoms with Crippen LogP contribution in [0, 0.1) is 0 Å². The van der Waals surface area contributed by atoms with Crippen LogP contribution in [0.3, 0.4) is 0 Å². The van der Waals surface area contributed by atoms with Crippen molar-refractivity contribution in [3.05, 3.63) is 70.2 Å². The molecule has 5 nitrogen and oxygen atoms in total. The summed E-state index contributed by atoms with van der Waals surface area (Å²) in [6.45, 7) is 4.03. The number of carbonyl (C=O) groups is 1. The molecule has 0 atom stereocenters. The lowest BCUT2D eigenvalue weighted by molar-refractivity contribution is 0.0953. The molecule has 0 aliphatic rings. The van der Waals surface area contributed by atoms with Gasteiger partial charge >= 0.3 is 0 Å². The van der Waals surface area contributed by atoms with Crippen molar-refractivity contribution in [3.8, 4) is 0 Å². The van der Waals surface area contributed by atoms with Crippen LogP contribution in [0.1, 0.15) is 34.8 Å². The van der Waals surface area contributed by atoms with Gasteiger partial charge in [0.05, 0.1) is 0 Å². The fourth-order valence-corrected chi connectivity index (χ4v) is 2.82. The Hall–Kier alpha value is -1.80. The normalized spacial score (nSPS) is 10.8. The number of hydrogen-bond acceptors (Lipinski definition) is 2. The van der Waals surface area contributed by atoms with E-state index in [0.717, 1.165) is 35.5 Å². The summed E-state index contributed by atoms with van der Waals surface area (Å²) in [6, 6.07) is 15.4. The molecule has 0 bridgehead atoms. The molecule has 28 heavy (non-hydrogen) atoms. The fourth-order valence-electron chi connectivity index (χ4n) is 2.59. The van der Waals surface area contributed by atoms with Crippen molar-refractivity contribution in [1.29, 1.82) is 0 Å². The first-order valence-corrected chi connectivity index (χ1v) is 9.57. The van der Waals surface area contributed by atoms with Gasteiger partial charge in [-0.2, -0.15) is 0 Å². The largest absolute Gasteiger partial charge is 0.356 e. The maximum atomic E-state index is 12.1. The standard InChI is InChI=1S/C21H27ClN4O.HI/c1-3-12-24-20(27)18-9-6-7-16(14-18)15-26-21(23-2)25-13-11-17-8-4-5-10-19(17)22;/h4-10,14H,3,11-13,15H2,1-2H3,(H,24,27)(H2,23,25,26);1H. The molecule has 0 unspecified atom stereocenters. The third kappa shape index (κ3) is 8.06. The van der Waals surface area contributed by atoms with E-state index in [1.807, 2.05) is 55.5 Å². The molecule has 2 aromatic rings. The van der Waals surface area contributed by atoms with Crippen LogP contribution in [-0.2, 0) is 13.0 Å². The van der Waals surface area contributed by atoms with Gasteiger partial charge in [0.25, 0.3) is 5.91 Å². The number of rotatable bonds is 8. The molecule has 0 spiro atoms. The van der Waals surface area contributed by atoms with E-state index >= 15 is 0 Å². The molecule has 0 aromatic heterocycles. The first-order chi connectivity index (χ1) is 13.1. The van der Waals surface area contributed by atoms with Gasteiger partial charge in [-0.15, -0.1) is 24.0 Å². The summed E-state index contributed by atoms with van der Waals surface area (Å²) in [4.78, 5) is 16.3. The van der Waals surface area contributed by atoms with Crippen LogP contribution >= 0.6 is 35.6 Å². The van der Waals surface area contributed by atoms with Gasteiger partial charge in [0, 0.05) is 37.3 Å². The number of guanidine groups is 1. The van der Waals surface area contributed by atoms with Crippen LogP contribution in [0.5, 0.6) is 0 Å². The number of amides is 1. The molecule has 2 aromatic carbocycles. The third-order valence-corrected chi connectivity index (χ3v) is 4.42. The average molecular weight is 515 g/mol. The number of hydrogen-bond donors (Lipinski definition) is 3. The monoisotopic (exact) mass is 514 g/mol. The van der Waals surface area contributed by atoms with Crippen molar-refractivity contribution in [2.24, 2.45) is 4.99 Å². The van der Waals surface area contributed by atoms with Gasteiger partial charge < -0.3 is 16.0 Å². The van der Waals surface area contributed by atoms with Crippen molar-refractivity contribution in [2.75, 3.05) is 20.1 Å². The lowest BCUT2D eigenvalue weighted by Gasteiger charge is -2.13. The Labute approximate surface area is 189 Å². The van der Waals surface area contributed by atoms with Crippen molar-refractivity contribution in [2.45, 2.75) is 26.3 Å². The van der Waals surface area contributed by atoms with E-state index in [-0.39, 0.29) is 29.9 Å². The van der Waals surface area contributed by atoms with Crippen molar-refractivity contribution in [1.82, 2.24) is 16.0 Å². The highest BCUT2D eigenvalue weighted by Crippen LogP contribution is 2.14. The highest BCUT2D eigenvalue weighted by Gasteiger charge is 2.06. The molecule has 0 aliphatic carbocycles. The molecule has 0 aliphatic heterocycles. The molecular weight excluding hydrogens is 487 g/mol. The second-order valence-electron chi connectivity index (χ2n) is 6.15. The van der Waals surface area contributed by atoms with Gasteiger partial charge in [-0.25, -0.2) is 0 Å². The second kappa shape index (κ2) is 13.4. The molecule has 3 N–H and O–H groups in total. The number of benzene rings is 2. The highest BCUT2D eigenvalue weighted by atomic mass is 127. The maximum absolute atomic E-state index is 12.1. The first kappa shape index (κ1) is 24.2. The zero-order chi connectivity index (χ0) is 19.5. The van der Waals surface area contributed by atoms with Crippen LogP contribution in [0.15, 0.2) is 53.5 Å². The van der Waals surface area contributed by atoms with Crippen LogP contribution < -0.4 is 16.0 Å². The van der Waals surface area contributed by atoms with E-state index in [1.165, 1.54) is 0 Å². The SMILES string of the molecule is CCCNC(=O)c1cccc(CNC(=NC)NCCc2ccccc2Cl)c1.I. The maximum Gasteiger partial charge on any atom is 0.251 e. The lowest BCUT2D eigenvalue weighted by Crippen LogP contribution is -2.37. The highest BCUT2D eigenvalue weighted by molar-refractivity contribution is 14.0. The van der Waals surface area contributed by atoms with Gasteiger partial charge in [-0.1, -0.05) is 48.9 Å². The van der Waals surface area contributed by atoms with E-state index in [2.05, 4.69) is 20.9 Å². The minimum atomic E-state index is -0.0408. The van der Waals surface area contributed by atoms with Gasteiger partial charge in [-0.05, 0) is 42.2 Å². The Morgan fingerprint density at radius 3 is 2.54 bits per heavy atom. The minimum Gasteiger partial charge on any atom is -0.356 e. The van der Waals surface area contributed by atoms with Gasteiger partial charge in [0.2, 0.25) is 0 Å². The Bertz CT molecular complexity index is 783. The molecule has 0 saturated heterocycles. The summed E-state index contributed by atoms with van der Waals surface area (Å²) in [7, 11) is 1.74. The Kier molecular flexibility index (Phi) is 11.6. The zero-order valence-corrected chi connectivity index (χ0v) is 19.4. The minimum absolute atomic E-state index is 0. The fraction of sp³-hybridized carbons (Fsp3) is 0.333. The molecule has 152 valence electrons. The number of aliphatic imine (C=N–C) groups is 1. The number of nitrogens with zero attached hydrogens (tertiary/aromatic N) is 1. The third-order valence-electron chi connectivity index (χ3n) is 4.05. The van der Waals surface area contributed by atoms with E-state index in [0.29, 0.717) is 24.6 Å². The number of halogens is 2. The summed E-state index contributed by atoms with van der Waals surface area (Å²) in [5, 5.41) is 10.2. The Morgan fingerprint density at radius 1 is 1.04 bits per heavy atom. The van der Waals surface area contributed by atoms with E-state index < -0.39 is 0 Å². The summed E-state index contributed by atoms with van der Waals surface area (Å²) >= 11 is 6.18. The molecule has 0 fully saturated rings. The van der Waals surface area contributed by atoms with E-state index in [1.54, 1.807) is 7.05 Å². The average Bonchev–Trinajstić information content (AvgIpc) is 2.70. The van der Waals surface area contributed by atoms with Crippen molar-refractivity contribution < 1.29 is 4.79 Å². The van der Waals surface area contributed by atoms with E-state index in [4.69, 9.17) is 11.6 Å². The predicted octanol–water partition coefficient (Wildman–Crippen LogP) is 4.01. The summed E-state index contributed by atoms with van der Waals surface area (Å²) in [5.74, 6) is 0.670.